The van der Waals surface area contributed by atoms with Gasteiger partial charge in [0.1, 0.15) is 0 Å². The fourth-order valence-corrected chi connectivity index (χ4v) is 2.59. The number of aliphatic imine (C=N–C) groups is 1. The van der Waals surface area contributed by atoms with Crippen LogP contribution in [0.2, 0.25) is 0 Å². The highest BCUT2D eigenvalue weighted by Gasteiger charge is 2.06. The molecule has 0 spiro atoms. The molecule has 0 aliphatic carbocycles. The van der Waals surface area contributed by atoms with Crippen molar-refractivity contribution in [3.8, 4) is 0 Å². The summed E-state index contributed by atoms with van der Waals surface area (Å²) in [5.41, 5.74) is 1.04. The predicted molar refractivity (Wildman–Crippen MR) is 103 cm³/mol. The third-order valence-corrected chi connectivity index (χ3v) is 3.91. The average molecular weight is 439 g/mol. The molecule has 0 fully saturated rings. The topological polar surface area (TPSA) is 69.6 Å². The quantitative estimate of drug-likeness (QED) is 0.404. The zero-order chi connectivity index (χ0) is 15.8. The van der Waals surface area contributed by atoms with Crippen molar-refractivity contribution in [2.45, 2.75) is 33.7 Å². The molecule has 0 saturated carbocycles. The largest absolute Gasteiger partial charge is 0.357 e. The van der Waals surface area contributed by atoms with Crippen molar-refractivity contribution in [3.63, 3.8) is 0 Å². The summed E-state index contributed by atoms with van der Waals surface area (Å²) in [6, 6.07) is 0. The molecule has 2 N–H and O–H groups in total. The van der Waals surface area contributed by atoms with E-state index < -0.39 is 0 Å². The molecule has 0 radical (unpaired) electrons. The molecule has 8 heteroatoms. The molecule has 0 aromatic carbocycles. The van der Waals surface area contributed by atoms with Crippen molar-refractivity contribution >= 4 is 47.2 Å². The van der Waals surface area contributed by atoms with Crippen LogP contribution in [0, 0.1) is 13.8 Å². The van der Waals surface area contributed by atoms with Gasteiger partial charge in [-0.3, -0.25) is 4.79 Å². The molecule has 1 rings (SSSR count). The van der Waals surface area contributed by atoms with Crippen LogP contribution >= 0.6 is 35.3 Å². The molecule has 0 aliphatic heterocycles. The van der Waals surface area contributed by atoms with Crippen molar-refractivity contribution < 1.29 is 4.79 Å². The van der Waals surface area contributed by atoms with E-state index in [-0.39, 0.29) is 29.9 Å². The van der Waals surface area contributed by atoms with Gasteiger partial charge in [-0.15, -0.1) is 35.3 Å². The molecule has 0 aliphatic rings. The van der Waals surface area contributed by atoms with Gasteiger partial charge in [-0.05, 0) is 20.8 Å². The number of rotatable bonds is 6. The van der Waals surface area contributed by atoms with Crippen molar-refractivity contribution in [3.05, 3.63) is 15.6 Å². The van der Waals surface area contributed by atoms with Gasteiger partial charge in [0.2, 0.25) is 5.91 Å². The molecule has 1 amide bonds. The van der Waals surface area contributed by atoms with E-state index in [4.69, 9.17) is 0 Å². The first-order valence-electron chi connectivity index (χ1n) is 7.09. The highest BCUT2D eigenvalue weighted by Crippen LogP contribution is 2.17. The van der Waals surface area contributed by atoms with Crippen LogP contribution in [0.5, 0.6) is 0 Å². The molecule has 1 aromatic heterocycles. The maximum atomic E-state index is 11.5. The van der Waals surface area contributed by atoms with E-state index in [2.05, 4.69) is 20.6 Å². The van der Waals surface area contributed by atoms with Crippen LogP contribution in [-0.4, -0.2) is 48.9 Å². The summed E-state index contributed by atoms with van der Waals surface area (Å²) in [4.78, 5) is 23.2. The summed E-state index contributed by atoms with van der Waals surface area (Å²) < 4.78 is 0. The lowest BCUT2D eigenvalue weighted by molar-refractivity contribution is -0.128. The third-order valence-electron chi connectivity index (χ3n) is 2.85. The standard InChI is InChI=1S/C14H25N5OS.HI/c1-6-15-14(16-8-7-13(20)19(4)5)17-9-12-10(2)18-11(3)21-12;/h6-9H2,1-5H3,(H2,15,16,17);1H. The van der Waals surface area contributed by atoms with Crippen molar-refractivity contribution in [1.82, 2.24) is 20.5 Å². The maximum absolute atomic E-state index is 11.5. The molecule has 22 heavy (non-hydrogen) atoms. The number of nitrogens with zero attached hydrogens (tertiary/aromatic N) is 3. The van der Waals surface area contributed by atoms with Crippen molar-refractivity contribution in [1.29, 1.82) is 0 Å². The summed E-state index contributed by atoms with van der Waals surface area (Å²) in [5, 5.41) is 7.42. The number of aromatic nitrogens is 1. The highest BCUT2D eigenvalue weighted by atomic mass is 127. The van der Waals surface area contributed by atoms with Crippen LogP contribution in [0.1, 0.15) is 28.9 Å². The van der Waals surface area contributed by atoms with Crippen LogP contribution < -0.4 is 10.6 Å². The Balaban J connectivity index is 0.00000441. The minimum Gasteiger partial charge on any atom is -0.357 e. The first-order valence-corrected chi connectivity index (χ1v) is 7.91. The molecule has 1 aromatic rings. The van der Waals surface area contributed by atoms with E-state index >= 15 is 0 Å². The van der Waals surface area contributed by atoms with E-state index in [9.17, 15) is 4.79 Å². The second-order valence-electron chi connectivity index (χ2n) is 4.90. The molecular weight excluding hydrogens is 413 g/mol. The summed E-state index contributed by atoms with van der Waals surface area (Å²) in [7, 11) is 3.52. The van der Waals surface area contributed by atoms with E-state index in [0.29, 0.717) is 19.5 Å². The van der Waals surface area contributed by atoms with Gasteiger partial charge in [-0.2, -0.15) is 0 Å². The van der Waals surface area contributed by atoms with Crippen molar-refractivity contribution in [2.24, 2.45) is 4.99 Å². The van der Waals surface area contributed by atoms with Gasteiger partial charge in [0.05, 0.1) is 17.2 Å². The number of guanidine groups is 1. The molecule has 0 bridgehead atoms. The van der Waals surface area contributed by atoms with Crippen LogP contribution in [0.3, 0.4) is 0 Å². The zero-order valence-electron chi connectivity index (χ0n) is 13.9. The van der Waals surface area contributed by atoms with Gasteiger partial charge >= 0.3 is 0 Å². The van der Waals surface area contributed by atoms with Gasteiger partial charge in [0, 0.05) is 38.5 Å². The SMILES string of the molecule is CCNC(=NCc1sc(C)nc1C)NCCC(=O)N(C)C.I. The molecule has 0 unspecified atom stereocenters. The van der Waals surface area contributed by atoms with Gasteiger partial charge < -0.3 is 15.5 Å². The fraction of sp³-hybridized carbons (Fsp3) is 0.643. The monoisotopic (exact) mass is 439 g/mol. The predicted octanol–water partition coefficient (Wildman–Crippen LogP) is 1.91. The second kappa shape index (κ2) is 10.8. The number of carbonyl (C=O) groups excluding carboxylic acids is 1. The number of aryl methyl sites for hydroxylation is 2. The summed E-state index contributed by atoms with van der Waals surface area (Å²) >= 11 is 1.67. The number of carbonyl (C=O) groups is 1. The second-order valence-corrected chi connectivity index (χ2v) is 6.19. The summed E-state index contributed by atoms with van der Waals surface area (Å²) in [6.07, 6.45) is 0.454. The van der Waals surface area contributed by atoms with E-state index in [1.54, 1.807) is 30.3 Å². The fourth-order valence-electron chi connectivity index (χ4n) is 1.72. The molecule has 6 nitrogen and oxygen atoms in total. The smallest absolute Gasteiger partial charge is 0.223 e. The first kappa shape index (κ1) is 21.1. The summed E-state index contributed by atoms with van der Waals surface area (Å²) in [6.45, 7) is 7.99. The van der Waals surface area contributed by atoms with Gasteiger partial charge in [0.15, 0.2) is 5.96 Å². The Labute approximate surface area is 153 Å². The Morgan fingerprint density at radius 2 is 2.00 bits per heavy atom. The Kier molecular flexibility index (Phi) is 10.3. The highest BCUT2D eigenvalue weighted by molar-refractivity contribution is 14.0. The Morgan fingerprint density at radius 1 is 1.32 bits per heavy atom. The number of halogens is 1. The molecular formula is C14H26IN5OS. The number of nitrogens with one attached hydrogen (secondary N) is 2. The number of hydrogen-bond acceptors (Lipinski definition) is 4. The van der Waals surface area contributed by atoms with Crippen LogP contribution in [0.4, 0.5) is 0 Å². The van der Waals surface area contributed by atoms with Gasteiger partial charge in [-0.25, -0.2) is 9.98 Å². The first-order chi connectivity index (χ1) is 9.93. The van der Waals surface area contributed by atoms with Crippen LogP contribution in [0.25, 0.3) is 0 Å². The minimum atomic E-state index is 0. The molecule has 126 valence electrons. The van der Waals surface area contributed by atoms with Gasteiger partial charge in [-0.1, -0.05) is 0 Å². The third kappa shape index (κ3) is 7.39. The lowest BCUT2D eigenvalue weighted by atomic mass is 10.4. The molecule has 1 heterocycles. The van der Waals surface area contributed by atoms with Crippen LogP contribution in [0.15, 0.2) is 4.99 Å². The molecule has 0 atom stereocenters. The van der Waals surface area contributed by atoms with E-state index in [1.165, 1.54) is 4.88 Å². The van der Waals surface area contributed by atoms with Crippen LogP contribution in [-0.2, 0) is 11.3 Å². The lowest BCUT2D eigenvalue weighted by Crippen LogP contribution is -2.39. The zero-order valence-corrected chi connectivity index (χ0v) is 17.0. The summed E-state index contributed by atoms with van der Waals surface area (Å²) in [5.74, 6) is 0.835. The number of amides is 1. The maximum Gasteiger partial charge on any atom is 0.223 e. The van der Waals surface area contributed by atoms with E-state index in [1.807, 2.05) is 20.8 Å². The van der Waals surface area contributed by atoms with Gasteiger partial charge in [0.25, 0.3) is 0 Å². The Morgan fingerprint density at radius 3 is 2.50 bits per heavy atom. The number of hydrogen-bond donors (Lipinski definition) is 2. The minimum absolute atomic E-state index is 0. The Hall–Kier alpha value is -0.900. The Bertz CT molecular complexity index is 501. The average Bonchev–Trinajstić information content (AvgIpc) is 2.74. The van der Waals surface area contributed by atoms with Crippen molar-refractivity contribution in [2.75, 3.05) is 27.2 Å². The number of thiazole rings is 1. The lowest BCUT2D eigenvalue weighted by Gasteiger charge is -2.13. The molecule has 0 saturated heterocycles. The normalized spacial score (nSPS) is 10.9. The van der Waals surface area contributed by atoms with E-state index in [0.717, 1.165) is 23.2 Å².